The molecule has 0 spiro atoms. The van der Waals surface area contributed by atoms with Gasteiger partial charge in [-0.15, -0.1) is 0 Å². The van der Waals surface area contributed by atoms with Crippen molar-refractivity contribution in [2.75, 3.05) is 36.0 Å². The molecule has 2 aromatic rings. The first-order valence-electron chi connectivity index (χ1n) is 9.48. The van der Waals surface area contributed by atoms with Gasteiger partial charge < -0.3 is 15.5 Å². The molecule has 30 heavy (non-hydrogen) atoms. The molecular weight excluding hydrogens is 412 g/mol. The van der Waals surface area contributed by atoms with Crippen LogP contribution >= 0.6 is 0 Å². The minimum absolute atomic E-state index is 0.00877. The lowest BCUT2D eigenvalue weighted by atomic mass is 10.2. The number of anilines is 2. The monoisotopic (exact) mass is 437 g/mol. The Kier molecular flexibility index (Phi) is 6.76. The van der Waals surface area contributed by atoms with Crippen molar-refractivity contribution in [2.24, 2.45) is 4.99 Å². The highest BCUT2D eigenvalue weighted by molar-refractivity contribution is 7.92. The molecule has 10 heteroatoms. The van der Waals surface area contributed by atoms with Gasteiger partial charge in [-0.25, -0.2) is 17.2 Å². The fraction of sp³-hybridized carbons (Fsp3) is 0.350. The molecule has 1 unspecified atom stereocenters. The van der Waals surface area contributed by atoms with E-state index in [1.54, 1.807) is 24.1 Å². The Balaban J connectivity index is 1.60. The van der Waals surface area contributed by atoms with Gasteiger partial charge in [-0.3, -0.25) is 9.71 Å². The lowest BCUT2D eigenvalue weighted by Gasteiger charge is -2.21. The van der Waals surface area contributed by atoms with Crippen LogP contribution in [0.4, 0.5) is 20.2 Å². The second kappa shape index (κ2) is 9.29. The summed E-state index contributed by atoms with van der Waals surface area (Å²) >= 11 is 0. The average molecular weight is 438 g/mol. The number of aliphatic imine (C=N–C) groups is 1. The SMILES string of the molecule is CN=C(NCc1ccccc1NS(C)(=O)=O)NC1CCN(c2c(F)cccc2F)C1. The summed E-state index contributed by atoms with van der Waals surface area (Å²) in [7, 11) is -1.77. The summed E-state index contributed by atoms with van der Waals surface area (Å²) in [6, 6.07) is 10.9. The van der Waals surface area contributed by atoms with Gasteiger partial charge in [0, 0.05) is 32.7 Å². The number of guanidine groups is 1. The molecule has 0 bridgehead atoms. The van der Waals surface area contributed by atoms with Crippen LogP contribution in [0.1, 0.15) is 12.0 Å². The maximum absolute atomic E-state index is 14.0. The Morgan fingerprint density at radius 1 is 1.17 bits per heavy atom. The van der Waals surface area contributed by atoms with E-state index < -0.39 is 21.7 Å². The van der Waals surface area contributed by atoms with Gasteiger partial charge in [-0.05, 0) is 30.2 Å². The van der Waals surface area contributed by atoms with Crippen molar-refractivity contribution < 1.29 is 17.2 Å². The van der Waals surface area contributed by atoms with E-state index in [4.69, 9.17) is 0 Å². The molecule has 0 radical (unpaired) electrons. The molecule has 3 rings (SSSR count). The van der Waals surface area contributed by atoms with E-state index in [-0.39, 0.29) is 11.7 Å². The van der Waals surface area contributed by atoms with Crippen LogP contribution in [0.3, 0.4) is 0 Å². The topological polar surface area (TPSA) is 85.8 Å². The van der Waals surface area contributed by atoms with Gasteiger partial charge in [0.05, 0.1) is 11.9 Å². The molecule has 1 aliphatic rings. The van der Waals surface area contributed by atoms with Gasteiger partial charge in [-0.2, -0.15) is 0 Å². The van der Waals surface area contributed by atoms with Crippen LogP contribution in [0, 0.1) is 11.6 Å². The molecule has 1 fully saturated rings. The van der Waals surface area contributed by atoms with E-state index in [9.17, 15) is 17.2 Å². The number of nitrogens with one attached hydrogen (secondary N) is 3. The maximum atomic E-state index is 14.0. The summed E-state index contributed by atoms with van der Waals surface area (Å²) in [6.07, 6.45) is 1.79. The molecule has 0 aromatic heterocycles. The Morgan fingerprint density at radius 2 is 1.87 bits per heavy atom. The fourth-order valence-corrected chi connectivity index (χ4v) is 4.01. The highest BCUT2D eigenvalue weighted by atomic mass is 32.2. The Hall–Kier alpha value is -2.88. The third-order valence-electron chi connectivity index (χ3n) is 4.77. The molecule has 1 aliphatic heterocycles. The summed E-state index contributed by atoms with van der Waals surface area (Å²) < 4.78 is 53.7. The quantitative estimate of drug-likeness (QED) is 0.477. The van der Waals surface area contributed by atoms with Gasteiger partial charge in [0.1, 0.15) is 17.3 Å². The van der Waals surface area contributed by atoms with Gasteiger partial charge >= 0.3 is 0 Å². The zero-order valence-corrected chi connectivity index (χ0v) is 17.6. The lowest BCUT2D eigenvalue weighted by Crippen LogP contribution is -2.44. The minimum Gasteiger partial charge on any atom is -0.365 e. The van der Waals surface area contributed by atoms with Crippen LogP contribution in [-0.4, -0.2) is 46.8 Å². The summed E-state index contributed by atoms with van der Waals surface area (Å²) in [5.74, 6) is -0.633. The molecule has 3 N–H and O–H groups in total. The number of sulfonamides is 1. The lowest BCUT2D eigenvalue weighted by molar-refractivity contribution is 0.576. The van der Waals surface area contributed by atoms with Gasteiger partial charge in [0.2, 0.25) is 10.0 Å². The number of benzene rings is 2. The Morgan fingerprint density at radius 3 is 2.53 bits per heavy atom. The summed E-state index contributed by atoms with van der Waals surface area (Å²) in [6.45, 7) is 1.30. The highest BCUT2D eigenvalue weighted by Crippen LogP contribution is 2.26. The second-order valence-electron chi connectivity index (χ2n) is 7.10. The number of rotatable bonds is 6. The molecule has 0 saturated carbocycles. The van der Waals surface area contributed by atoms with Crippen LogP contribution < -0.4 is 20.3 Å². The normalized spacial score (nSPS) is 17.1. The molecule has 7 nitrogen and oxygen atoms in total. The van der Waals surface area contributed by atoms with Crippen LogP contribution in [0.2, 0.25) is 0 Å². The van der Waals surface area contributed by atoms with Crippen LogP contribution in [-0.2, 0) is 16.6 Å². The second-order valence-corrected chi connectivity index (χ2v) is 8.85. The molecule has 2 aromatic carbocycles. The Labute approximate surface area is 175 Å². The Bertz CT molecular complexity index is 1010. The molecule has 1 heterocycles. The number of halogens is 2. The molecule has 162 valence electrons. The van der Waals surface area contributed by atoms with Crippen molar-refractivity contribution in [3.05, 3.63) is 59.7 Å². The van der Waals surface area contributed by atoms with Crippen molar-refractivity contribution in [3.8, 4) is 0 Å². The smallest absolute Gasteiger partial charge is 0.229 e. The average Bonchev–Trinajstić information content (AvgIpc) is 3.13. The zero-order chi connectivity index (χ0) is 21.7. The first-order chi connectivity index (χ1) is 14.3. The third kappa shape index (κ3) is 5.59. The standard InChI is InChI=1S/C20H25F2N5O2S/c1-23-20(24-12-14-6-3-4-9-18(14)26-30(2,28)29)25-15-10-11-27(13-15)19-16(21)7-5-8-17(19)22/h3-9,15,26H,10-13H2,1-2H3,(H2,23,24,25). The van der Waals surface area contributed by atoms with Crippen molar-refractivity contribution in [1.29, 1.82) is 0 Å². The predicted molar refractivity (Wildman–Crippen MR) is 115 cm³/mol. The van der Waals surface area contributed by atoms with Crippen LogP contribution in [0.5, 0.6) is 0 Å². The molecule has 1 atom stereocenters. The first kappa shape index (κ1) is 21.8. The molecule has 0 amide bonds. The predicted octanol–water partition coefficient (Wildman–Crippen LogP) is 2.28. The maximum Gasteiger partial charge on any atom is 0.229 e. The number of nitrogens with zero attached hydrogens (tertiary/aromatic N) is 2. The van der Waals surface area contributed by atoms with Gasteiger partial charge in [-0.1, -0.05) is 24.3 Å². The summed E-state index contributed by atoms with van der Waals surface area (Å²) in [5.41, 5.74) is 1.24. The van der Waals surface area contributed by atoms with E-state index >= 15 is 0 Å². The largest absolute Gasteiger partial charge is 0.365 e. The van der Waals surface area contributed by atoms with Crippen molar-refractivity contribution in [1.82, 2.24) is 10.6 Å². The summed E-state index contributed by atoms with van der Waals surface area (Å²) in [4.78, 5) is 5.87. The van der Waals surface area contributed by atoms with Gasteiger partial charge in [0.15, 0.2) is 5.96 Å². The van der Waals surface area contributed by atoms with Gasteiger partial charge in [0.25, 0.3) is 0 Å². The van der Waals surface area contributed by atoms with Crippen LogP contribution in [0.25, 0.3) is 0 Å². The van der Waals surface area contributed by atoms with E-state index in [1.807, 2.05) is 12.1 Å². The molecular formula is C20H25F2N5O2S. The van der Waals surface area contributed by atoms with E-state index in [1.165, 1.54) is 18.2 Å². The van der Waals surface area contributed by atoms with E-state index in [2.05, 4.69) is 20.3 Å². The van der Waals surface area contributed by atoms with Crippen molar-refractivity contribution >= 4 is 27.4 Å². The van der Waals surface area contributed by atoms with E-state index in [0.29, 0.717) is 37.7 Å². The minimum atomic E-state index is -3.39. The molecule has 0 aliphatic carbocycles. The van der Waals surface area contributed by atoms with Crippen molar-refractivity contribution in [3.63, 3.8) is 0 Å². The zero-order valence-electron chi connectivity index (χ0n) is 16.8. The number of para-hydroxylation sites is 2. The number of hydrogen-bond acceptors (Lipinski definition) is 4. The first-order valence-corrected chi connectivity index (χ1v) is 11.4. The van der Waals surface area contributed by atoms with Crippen LogP contribution in [0.15, 0.2) is 47.5 Å². The fourth-order valence-electron chi connectivity index (χ4n) is 3.41. The third-order valence-corrected chi connectivity index (χ3v) is 5.36. The molecule has 1 saturated heterocycles. The van der Waals surface area contributed by atoms with Crippen molar-refractivity contribution in [2.45, 2.75) is 19.0 Å². The summed E-state index contributed by atoms with van der Waals surface area (Å²) in [5, 5.41) is 6.41. The highest BCUT2D eigenvalue weighted by Gasteiger charge is 2.27. The number of hydrogen-bond donors (Lipinski definition) is 3. The van der Waals surface area contributed by atoms with E-state index in [0.717, 1.165) is 11.8 Å².